The molecule has 7 heteroatoms. The van der Waals surface area contributed by atoms with Crippen molar-refractivity contribution in [3.8, 4) is 5.75 Å². The molecule has 4 nitrogen and oxygen atoms in total. The molecule has 0 radical (unpaired) electrons. The molecular weight excluding hydrogens is 293 g/mol. The van der Waals surface area contributed by atoms with Crippen LogP contribution in [-0.2, 0) is 10.0 Å². The first-order valence-electron chi connectivity index (χ1n) is 5.16. The average Bonchev–Trinajstić information content (AvgIpc) is 2.33. The first kappa shape index (κ1) is 13.6. The Morgan fingerprint density at radius 2 is 1.84 bits per heavy atom. The van der Waals surface area contributed by atoms with Gasteiger partial charge in [0.2, 0.25) is 0 Å². The molecule has 2 aromatic rings. The van der Waals surface area contributed by atoms with E-state index in [0.717, 1.165) is 12.1 Å². The number of phenols is 1. The van der Waals surface area contributed by atoms with Crippen molar-refractivity contribution in [1.29, 1.82) is 0 Å². The molecule has 2 aromatic carbocycles. The fourth-order valence-electron chi connectivity index (χ4n) is 1.46. The number of hydrogen-bond donors (Lipinski definition) is 2. The van der Waals surface area contributed by atoms with Crippen molar-refractivity contribution in [3.05, 3.63) is 53.3 Å². The third-order valence-electron chi connectivity index (χ3n) is 2.33. The van der Waals surface area contributed by atoms with Gasteiger partial charge in [0.1, 0.15) is 16.5 Å². The van der Waals surface area contributed by atoms with Crippen LogP contribution in [0.15, 0.2) is 47.4 Å². The van der Waals surface area contributed by atoms with Crippen molar-refractivity contribution in [2.24, 2.45) is 0 Å². The van der Waals surface area contributed by atoms with E-state index < -0.39 is 15.8 Å². The fourth-order valence-corrected chi connectivity index (χ4v) is 2.91. The Morgan fingerprint density at radius 1 is 1.16 bits per heavy atom. The quantitative estimate of drug-likeness (QED) is 0.916. The minimum absolute atomic E-state index is 0.0336. The highest BCUT2D eigenvalue weighted by atomic mass is 35.5. The van der Waals surface area contributed by atoms with Gasteiger partial charge in [0.25, 0.3) is 10.0 Å². The molecule has 0 amide bonds. The van der Waals surface area contributed by atoms with E-state index in [0.29, 0.717) is 0 Å². The van der Waals surface area contributed by atoms with Crippen molar-refractivity contribution < 1.29 is 17.9 Å². The molecule has 2 N–H and O–H groups in total. The highest BCUT2D eigenvalue weighted by Crippen LogP contribution is 2.28. The summed E-state index contributed by atoms with van der Waals surface area (Å²) in [5, 5.41) is 9.46. The molecule has 0 heterocycles. The van der Waals surface area contributed by atoms with E-state index in [1.807, 2.05) is 0 Å². The largest absolute Gasteiger partial charge is 0.507 e. The van der Waals surface area contributed by atoms with E-state index in [4.69, 9.17) is 11.6 Å². The van der Waals surface area contributed by atoms with E-state index in [-0.39, 0.29) is 21.4 Å². The first-order valence-corrected chi connectivity index (χ1v) is 7.02. The van der Waals surface area contributed by atoms with Crippen LogP contribution in [0, 0.1) is 5.82 Å². The second kappa shape index (κ2) is 5.07. The lowest BCUT2D eigenvalue weighted by atomic mass is 10.3. The molecule has 2 rings (SSSR count). The van der Waals surface area contributed by atoms with Gasteiger partial charge in [0.05, 0.1) is 10.7 Å². The normalized spacial score (nSPS) is 11.3. The van der Waals surface area contributed by atoms with Gasteiger partial charge in [0.15, 0.2) is 0 Å². The Morgan fingerprint density at radius 3 is 2.47 bits per heavy atom. The molecule has 0 fully saturated rings. The van der Waals surface area contributed by atoms with Crippen molar-refractivity contribution in [3.63, 3.8) is 0 Å². The number of halogens is 2. The van der Waals surface area contributed by atoms with Crippen LogP contribution >= 0.6 is 11.6 Å². The molecule has 0 aliphatic heterocycles. The van der Waals surface area contributed by atoms with Crippen LogP contribution in [0.3, 0.4) is 0 Å². The predicted octanol–water partition coefficient (Wildman–Crippen LogP) is 2.99. The lowest BCUT2D eigenvalue weighted by Crippen LogP contribution is -2.13. The van der Waals surface area contributed by atoms with Crippen LogP contribution in [0.1, 0.15) is 0 Å². The molecule has 0 aromatic heterocycles. The smallest absolute Gasteiger partial charge is 0.265 e. The summed E-state index contributed by atoms with van der Waals surface area (Å²) in [6.07, 6.45) is 0. The van der Waals surface area contributed by atoms with Crippen molar-refractivity contribution in [1.82, 2.24) is 0 Å². The molecule has 0 saturated heterocycles. The van der Waals surface area contributed by atoms with Gasteiger partial charge in [-0.3, -0.25) is 4.72 Å². The summed E-state index contributed by atoms with van der Waals surface area (Å²) in [7, 11) is -3.99. The third kappa shape index (κ3) is 2.97. The van der Waals surface area contributed by atoms with Crippen molar-refractivity contribution in [2.45, 2.75) is 4.90 Å². The molecule has 19 heavy (non-hydrogen) atoms. The average molecular weight is 302 g/mol. The summed E-state index contributed by atoms with van der Waals surface area (Å²) in [4.78, 5) is -0.282. The van der Waals surface area contributed by atoms with Crippen LogP contribution in [0.2, 0.25) is 5.02 Å². The van der Waals surface area contributed by atoms with Gasteiger partial charge in [-0.2, -0.15) is 0 Å². The SMILES string of the molecule is O=S(=O)(Nc1ccc(F)cc1Cl)c1ccccc1O. The molecule has 0 atom stereocenters. The maximum absolute atomic E-state index is 12.9. The lowest BCUT2D eigenvalue weighted by Gasteiger charge is -2.10. The van der Waals surface area contributed by atoms with Crippen LogP contribution in [0.25, 0.3) is 0 Å². The van der Waals surface area contributed by atoms with Gasteiger partial charge in [0, 0.05) is 0 Å². The van der Waals surface area contributed by atoms with Crippen molar-refractivity contribution in [2.75, 3.05) is 4.72 Å². The molecule has 0 spiro atoms. The van der Waals surface area contributed by atoms with Gasteiger partial charge < -0.3 is 5.11 Å². The monoisotopic (exact) mass is 301 g/mol. The highest BCUT2D eigenvalue weighted by molar-refractivity contribution is 7.92. The minimum Gasteiger partial charge on any atom is -0.507 e. The number of rotatable bonds is 3. The minimum atomic E-state index is -3.99. The number of phenolic OH excluding ortho intramolecular Hbond substituents is 1. The summed E-state index contributed by atoms with van der Waals surface area (Å²) >= 11 is 5.73. The second-order valence-corrected chi connectivity index (χ2v) is 5.76. The van der Waals surface area contributed by atoms with Crippen molar-refractivity contribution >= 4 is 27.3 Å². The highest BCUT2D eigenvalue weighted by Gasteiger charge is 2.19. The number of sulfonamides is 1. The number of anilines is 1. The number of hydrogen-bond acceptors (Lipinski definition) is 3. The predicted molar refractivity (Wildman–Crippen MR) is 70.3 cm³/mol. The Hall–Kier alpha value is -1.79. The lowest BCUT2D eigenvalue weighted by molar-refractivity contribution is 0.459. The molecule has 0 aliphatic carbocycles. The number of nitrogens with one attached hydrogen (secondary N) is 1. The van der Waals surface area contributed by atoms with Crippen LogP contribution in [0.5, 0.6) is 5.75 Å². The van der Waals surface area contributed by atoms with E-state index >= 15 is 0 Å². The van der Waals surface area contributed by atoms with Crippen LogP contribution in [-0.4, -0.2) is 13.5 Å². The van der Waals surface area contributed by atoms with Gasteiger partial charge in [-0.25, -0.2) is 12.8 Å². The van der Waals surface area contributed by atoms with Crippen LogP contribution in [0.4, 0.5) is 10.1 Å². The topological polar surface area (TPSA) is 66.4 Å². The number of benzene rings is 2. The van der Waals surface area contributed by atoms with E-state index in [1.165, 1.54) is 30.3 Å². The Labute approximate surface area is 114 Å². The zero-order valence-corrected chi connectivity index (χ0v) is 11.0. The van der Waals surface area contributed by atoms with Gasteiger partial charge in [-0.1, -0.05) is 23.7 Å². The zero-order valence-electron chi connectivity index (χ0n) is 9.47. The molecular formula is C12H9ClFNO3S. The number of para-hydroxylation sites is 1. The summed E-state index contributed by atoms with van der Waals surface area (Å²) in [6.45, 7) is 0. The standard InChI is InChI=1S/C12H9ClFNO3S/c13-9-7-8(14)5-6-10(9)15-19(17,18)12-4-2-1-3-11(12)16/h1-7,15-16H. The van der Waals surface area contributed by atoms with E-state index in [1.54, 1.807) is 0 Å². The summed E-state index contributed by atoms with van der Waals surface area (Å²) < 4.78 is 39.1. The maximum Gasteiger partial charge on any atom is 0.265 e. The molecule has 0 bridgehead atoms. The van der Waals surface area contributed by atoms with E-state index in [2.05, 4.69) is 4.72 Å². The summed E-state index contributed by atoms with van der Waals surface area (Å²) in [5.41, 5.74) is 0.0336. The second-order valence-electron chi connectivity index (χ2n) is 3.70. The number of aromatic hydroxyl groups is 1. The molecule has 0 aliphatic rings. The Kier molecular flexibility index (Phi) is 3.64. The van der Waals surface area contributed by atoms with E-state index in [9.17, 15) is 17.9 Å². The van der Waals surface area contributed by atoms with Gasteiger partial charge >= 0.3 is 0 Å². The Bertz CT molecular complexity index is 719. The van der Waals surface area contributed by atoms with Gasteiger partial charge in [-0.15, -0.1) is 0 Å². The molecule has 0 saturated carbocycles. The summed E-state index contributed by atoms with van der Waals surface area (Å²) in [5.74, 6) is -0.955. The van der Waals surface area contributed by atoms with Crippen LogP contribution < -0.4 is 4.72 Å². The molecule has 0 unspecified atom stereocenters. The first-order chi connectivity index (χ1) is 8.90. The third-order valence-corrected chi connectivity index (χ3v) is 4.06. The van der Waals surface area contributed by atoms with Gasteiger partial charge in [-0.05, 0) is 30.3 Å². The Balaban J connectivity index is 2.40. The maximum atomic E-state index is 12.9. The molecule has 100 valence electrons. The summed E-state index contributed by atoms with van der Waals surface area (Å²) in [6, 6.07) is 8.74. The fraction of sp³-hybridized carbons (Fsp3) is 0. The zero-order chi connectivity index (χ0) is 14.0.